The molecule has 0 aromatic heterocycles. The van der Waals surface area contributed by atoms with Crippen LogP contribution in [-0.4, -0.2) is 29.4 Å². The number of para-hydroxylation sites is 1. The van der Waals surface area contributed by atoms with E-state index in [4.69, 9.17) is 9.84 Å². The van der Waals surface area contributed by atoms with Gasteiger partial charge in [-0.2, -0.15) is 5.10 Å². The van der Waals surface area contributed by atoms with E-state index in [2.05, 4.69) is 10.5 Å². The van der Waals surface area contributed by atoms with Gasteiger partial charge in [-0.05, 0) is 24.3 Å². The topological polar surface area (TPSA) is 91.2 Å². The molecule has 21 heavy (non-hydrogen) atoms. The molecule has 0 spiro atoms. The largest absolute Gasteiger partial charge is 0.508 e. The summed E-state index contributed by atoms with van der Waals surface area (Å²) in [4.78, 5) is 11.8. The van der Waals surface area contributed by atoms with E-state index in [1.54, 1.807) is 19.2 Å². The first-order valence-corrected chi connectivity index (χ1v) is 6.10. The fourth-order valence-electron chi connectivity index (χ4n) is 1.71. The number of hydrazone groups is 1. The zero-order valence-electron chi connectivity index (χ0n) is 11.3. The number of phenolic OH excluding ortho intramolecular Hbond substituents is 2. The normalized spacial score (nSPS) is 10.5. The Labute approximate surface area is 121 Å². The molecule has 2 aromatic carbocycles. The van der Waals surface area contributed by atoms with Gasteiger partial charge in [-0.25, -0.2) is 5.43 Å². The molecule has 0 heterocycles. The molecule has 108 valence electrons. The lowest BCUT2D eigenvalue weighted by Crippen LogP contribution is -2.17. The number of phenols is 2. The molecule has 6 nitrogen and oxygen atoms in total. The Morgan fingerprint density at radius 2 is 2.00 bits per heavy atom. The van der Waals surface area contributed by atoms with Gasteiger partial charge in [0, 0.05) is 11.6 Å². The minimum absolute atomic E-state index is 0.0185. The third-order valence-electron chi connectivity index (χ3n) is 2.73. The van der Waals surface area contributed by atoms with Crippen molar-refractivity contribution in [2.45, 2.75) is 0 Å². The number of hydrogen-bond acceptors (Lipinski definition) is 5. The van der Waals surface area contributed by atoms with Crippen LogP contribution < -0.4 is 10.2 Å². The van der Waals surface area contributed by atoms with Crippen molar-refractivity contribution in [1.29, 1.82) is 0 Å². The van der Waals surface area contributed by atoms with E-state index in [1.165, 1.54) is 18.3 Å². The quantitative estimate of drug-likeness (QED) is 0.591. The van der Waals surface area contributed by atoms with E-state index in [0.29, 0.717) is 11.3 Å². The van der Waals surface area contributed by atoms with Crippen LogP contribution in [0, 0.1) is 0 Å². The number of nitrogens with one attached hydrogen (secondary N) is 1. The van der Waals surface area contributed by atoms with Gasteiger partial charge in [-0.15, -0.1) is 0 Å². The number of benzene rings is 2. The summed E-state index contributed by atoms with van der Waals surface area (Å²) < 4.78 is 5.15. The highest BCUT2D eigenvalue weighted by Crippen LogP contribution is 2.22. The predicted octanol–water partition coefficient (Wildman–Crippen LogP) is 1.87. The molecular formula is C15H14N2O4. The summed E-state index contributed by atoms with van der Waals surface area (Å²) in [6.07, 6.45) is 1.44. The molecule has 6 heteroatoms. The van der Waals surface area contributed by atoms with Crippen LogP contribution in [0.2, 0.25) is 0 Å². The van der Waals surface area contributed by atoms with Crippen molar-refractivity contribution < 1.29 is 19.7 Å². The van der Waals surface area contributed by atoms with E-state index in [-0.39, 0.29) is 17.1 Å². The number of ether oxygens (including phenoxy) is 1. The van der Waals surface area contributed by atoms with Gasteiger partial charge in [-0.3, -0.25) is 4.79 Å². The Bertz CT molecular complexity index is 683. The van der Waals surface area contributed by atoms with Gasteiger partial charge >= 0.3 is 0 Å². The molecule has 0 saturated carbocycles. The summed E-state index contributed by atoms with van der Waals surface area (Å²) in [6.45, 7) is 0. The smallest absolute Gasteiger partial charge is 0.275 e. The average molecular weight is 286 g/mol. The van der Waals surface area contributed by atoms with E-state index in [0.717, 1.165) is 6.07 Å². The van der Waals surface area contributed by atoms with Crippen LogP contribution in [0.1, 0.15) is 15.9 Å². The van der Waals surface area contributed by atoms with Gasteiger partial charge in [0.1, 0.15) is 17.2 Å². The third kappa shape index (κ3) is 3.50. The molecule has 0 unspecified atom stereocenters. The molecule has 2 rings (SSSR count). The second-order valence-electron chi connectivity index (χ2n) is 4.14. The number of carbonyl (C=O) groups is 1. The van der Waals surface area contributed by atoms with Gasteiger partial charge in [-0.1, -0.05) is 12.1 Å². The standard InChI is InChI=1S/C15H14N2O4/c1-21-14-5-3-2-4-10(14)9-16-17-15(20)12-7-6-11(18)8-13(12)19/h2-9,18-19H,1H3,(H,17,20)/b16-9+. The van der Waals surface area contributed by atoms with Crippen molar-refractivity contribution in [3.8, 4) is 17.2 Å². The lowest BCUT2D eigenvalue weighted by Gasteiger charge is -2.04. The van der Waals surface area contributed by atoms with Crippen molar-refractivity contribution in [1.82, 2.24) is 5.43 Å². The number of carbonyl (C=O) groups excluding carboxylic acids is 1. The molecule has 0 atom stereocenters. The Hall–Kier alpha value is -3.02. The molecule has 0 saturated heterocycles. The summed E-state index contributed by atoms with van der Waals surface area (Å²) in [6, 6.07) is 10.9. The maximum Gasteiger partial charge on any atom is 0.275 e. The number of hydrogen-bond donors (Lipinski definition) is 3. The SMILES string of the molecule is COc1ccccc1/C=N/NC(=O)c1ccc(O)cc1O. The molecule has 0 bridgehead atoms. The zero-order chi connectivity index (χ0) is 15.2. The van der Waals surface area contributed by atoms with Crippen LogP contribution in [-0.2, 0) is 0 Å². The van der Waals surface area contributed by atoms with Crippen LogP contribution in [0.15, 0.2) is 47.6 Å². The number of nitrogens with zero attached hydrogens (tertiary/aromatic N) is 1. The van der Waals surface area contributed by atoms with Crippen molar-refractivity contribution in [3.63, 3.8) is 0 Å². The Balaban J connectivity index is 2.08. The minimum atomic E-state index is -0.585. The zero-order valence-corrected chi connectivity index (χ0v) is 11.3. The highest BCUT2D eigenvalue weighted by atomic mass is 16.5. The number of methoxy groups -OCH3 is 1. The lowest BCUT2D eigenvalue weighted by atomic mass is 10.2. The van der Waals surface area contributed by atoms with Crippen molar-refractivity contribution in [3.05, 3.63) is 53.6 Å². The van der Waals surface area contributed by atoms with E-state index < -0.39 is 5.91 Å². The van der Waals surface area contributed by atoms with Gasteiger partial charge in [0.25, 0.3) is 5.91 Å². The van der Waals surface area contributed by atoms with Gasteiger partial charge in [0.2, 0.25) is 0 Å². The summed E-state index contributed by atoms with van der Waals surface area (Å²) in [7, 11) is 1.54. The number of aromatic hydroxyl groups is 2. The van der Waals surface area contributed by atoms with Crippen molar-refractivity contribution >= 4 is 12.1 Å². The number of rotatable bonds is 4. The van der Waals surface area contributed by atoms with Crippen LogP contribution in [0.4, 0.5) is 0 Å². The van der Waals surface area contributed by atoms with Crippen LogP contribution in [0.3, 0.4) is 0 Å². The maximum atomic E-state index is 11.8. The van der Waals surface area contributed by atoms with Gasteiger partial charge in [0.15, 0.2) is 0 Å². The highest BCUT2D eigenvalue weighted by molar-refractivity contribution is 5.97. The first-order valence-electron chi connectivity index (χ1n) is 6.10. The summed E-state index contributed by atoms with van der Waals surface area (Å²) in [5.41, 5.74) is 3.01. The van der Waals surface area contributed by atoms with E-state index in [9.17, 15) is 9.90 Å². The van der Waals surface area contributed by atoms with Crippen LogP contribution in [0.5, 0.6) is 17.2 Å². The molecule has 3 N–H and O–H groups in total. The van der Waals surface area contributed by atoms with E-state index >= 15 is 0 Å². The molecule has 0 fully saturated rings. The Morgan fingerprint density at radius 1 is 1.24 bits per heavy atom. The molecule has 0 aliphatic rings. The molecule has 0 radical (unpaired) electrons. The van der Waals surface area contributed by atoms with Gasteiger partial charge in [0.05, 0.1) is 18.9 Å². The first-order chi connectivity index (χ1) is 10.1. The van der Waals surface area contributed by atoms with Gasteiger partial charge < -0.3 is 14.9 Å². The summed E-state index contributed by atoms with van der Waals surface area (Å²) in [5, 5.41) is 22.5. The third-order valence-corrected chi connectivity index (χ3v) is 2.73. The fourth-order valence-corrected chi connectivity index (χ4v) is 1.71. The fraction of sp³-hybridized carbons (Fsp3) is 0.0667. The second-order valence-corrected chi connectivity index (χ2v) is 4.14. The van der Waals surface area contributed by atoms with Crippen molar-refractivity contribution in [2.24, 2.45) is 5.10 Å². The molecule has 2 aromatic rings. The second kappa shape index (κ2) is 6.42. The summed E-state index contributed by atoms with van der Waals surface area (Å²) in [5.74, 6) is -0.400. The average Bonchev–Trinajstić information content (AvgIpc) is 2.47. The Kier molecular flexibility index (Phi) is 4.40. The van der Waals surface area contributed by atoms with Crippen LogP contribution in [0.25, 0.3) is 0 Å². The van der Waals surface area contributed by atoms with Crippen LogP contribution >= 0.6 is 0 Å². The van der Waals surface area contributed by atoms with Crippen molar-refractivity contribution in [2.75, 3.05) is 7.11 Å². The number of amides is 1. The Morgan fingerprint density at radius 3 is 2.71 bits per heavy atom. The monoisotopic (exact) mass is 286 g/mol. The molecular weight excluding hydrogens is 272 g/mol. The predicted molar refractivity (Wildman–Crippen MR) is 77.8 cm³/mol. The highest BCUT2D eigenvalue weighted by Gasteiger charge is 2.10. The minimum Gasteiger partial charge on any atom is -0.508 e. The van der Waals surface area contributed by atoms with E-state index in [1.807, 2.05) is 12.1 Å². The maximum absolute atomic E-state index is 11.8. The molecule has 1 amide bonds. The molecule has 0 aliphatic heterocycles. The first kappa shape index (κ1) is 14.4. The summed E-state index contributed by atoms with van der Waals surface area (Å²) >= 11 is 0. The molecule has 0 aliphatic carbocycles. The lowest BCUT2D eigenvalue weighted by molar-refractivity contribution is 0.0952.